The fourth-order valence-electron chi connectivity index (χ4n) is 2.07. The highest BCUT2D eigenvalue weighted by Crippen LogP contribution is 2.16. The molecular formula is C15H14N2. The number of imidazole rings is 1. The molecule has 0 saturated heterocycles. The lowest BCUT2D eigenvalue weighted by Crippen LogP contribution is -1.97. The second kappa shape index (κ2) is 4.06. The first-order valence-corrected chi connectivity index (χ1v) is 5.78. The van der Waals surface area contributed by atoms with E-state index in [-0.39, 0.29) is 0 Å². The van der Waals surface area contributed by atoms with Gasteiger partial charge in [0.1, 0.15) is 0 Å². The molecule has 0 aliphatic carbocycles. The van der Waals surface area contributed by atoms with Gasteiger partial charge in [-0.1, -0.05) is 36.4 Å². The van der Waals surface area contributed by atoms with Crippen LogP contribution in [0.15, 0.2) is 54.9 Å². The van der Waals surface area contributed by atoms with Crippen molar-refractivity contribution >= 4 is 11.0 Å². The van der Waals surface area contributed by atoms with E-state index >= 15 is 0 Å². The van der Waals surface area contributed by atoms with Gasteiger partial charge < -0.3 is 4.57 Å². The van der Waals surface area contributed by atoms with Gasteiger partial charge in [0.15, 0.2) is 0 Å². The first kappa shape index (κ1) is 10.1. The van der Waals surface area contributed by atoms with Gasteiger partial charge in [0, 0.05) is 6.54 Å². The van der Waals surface area contributed by atoms with Gasteiger partial charge in [0.05, 0.1) is 17.4 Å². The minimum atomic E-state index is 0.876. The van der Waals surface area contributed by atoms with Crippen molar-refractivity contribution in [2.24, 2.45) is 0 Å². The maximum Gasteiger partial charge on any atom is 0.0961 e. The van der Waals surface area contributed by atoms with Crippen molar-refractivity contribution < 1.29 is 0 Å². The minimum Gasteiger partial charge on any atom is -0.326 e. The molecule has 0 radical (unpaired) electrons. The number of benzene rings is 2. The van der Waals surface area contributed by atoms with Crippen molar-refractivity contribution in [1.82, 2.24) is 9.55 Å². The normalized spacial score (nSPS) is 10.9. The van der Waals surface area contributed by atoms with Gasteiger partial charge in [-0.25, -0.2) is 4.98 Å². The summed E-state index contributed by atoms with van der Waals surface area (Å²) in [6.45, 7) is 2.99. The molecule has 0 spiro atoms. The summed E-state index contributed by atoms with van der Waals surface area (Å²) in [5, 5.41) is 0. The molecule has 0 N–H and O–H groups in total. The lowest BCUT2D eigenvalue weighted by molar-refractivity contribution is 0.824. The molecule has 2 aromatic carbocycles. The van der Waals surface area contributed by atoms with E-state index in [1.807, 2.05) is 12.4 Å². The number of hydrogen-bond donors (Lipinski definition) is 0. The van der Waals surface area contributed by atoms with Crippen LogP contribution in [0.4, 0.5) is 0 Å². The summed E-state index contributed by atoms with van der Waals surface area (Å²) in [6, 6.07) is 16.8. The Kier molecular flexibility index (Phi) is 2.41. The lowest BCUT2D eigenvalue weighted by Gasteiger charge is -2.04. The van der Waals surface area contributed by atoms with E-state index in [1.165, 1.54) is 16.6 Å². The van der Waals surface area contributed by atoms with Crippen LogP contribution in [0.2, 0.25) is 0 Å². The van der Waals surface area contributed by atoms with Gasteiger partial charge in [0.25, 0.3) is 0 Å². The van der Waals surface area contributed by atoms with Gasteiger partial charge in [-0.2, -0.15) is 0 Å². The molecule has 0 fully saturated rings. The predicted molar refractivity (Wildman–Crippen MR) is 70.0 cm³/mol. The van der Waals surface area contributed by atoms with Gasteiger partial charge in [-0.3, -0.25) is 0 Å². The quantitative estimate of drug-likeness (QED) is 0.650. The molecule has 1 heterocycles. The molecule has 0 aliphatic rings. The van der Waals surface area contributed by atoms with E-state index in [0.29, 0.717) is 0 Å². The number of rotatable bonds is 2. The van der Waals surface area contributed by atoms with Gasteiger partial charge in [0.2, 0.25) is 0 Å². The molecule has 1 aromatic heterocycles. The molecule has 0 aliphatic heterocycles. The van der Waals surface area contributed by atoms with E-state index < -0.39 is 0 Å². The third-order valence-corrected chi connectivity index (χ3v) is 2.97. The molecule has 0 amide bonds. The van der Waals surface area contributed by atoms with E-state index in [2.05, 4.69) is 58.9 Å². The van der Waals surface area contributed by atoms with Crippen molar-refractivity contribution in [3.8, 4) is 0 Å². The van der Waals surface area contributed by atoms with Crippen LogP contribution in [0.3, 0.4) is 0 Å². The van der Waals surface area contributed by atoms with Crippen molar-refractivity contribution in [1.29, 1.82) is 0 Å². The molecule has 2 nitrogen and oxygen atoms in total. The zero-order valence-corrected chi connectivity index (χ0v) is 9.80. The highest BCUT2D eigenvalue weighted by molar-refractivity contribution is 5.76. The highest BCUT2D eigenvalue weighted by Gasteiger charge is 2.02. The smallest absolute Gasteiger partial charge is 0.0961 e. The first-order valence-electron chi connectivity index (χ1n) is 5.78. The van der Waals surface area contributed by atoms with Gasteiger partial charge >= 0.3 is 0 Å². The van der Waals surface area contributed by atoms with Crippen LogP contribution in [0.25, 0.3) is 11.0 Å². The van der Waals surface area contributed by atoms with Crippen LogP contribution in [0, 0.1) is 6.92 Å². The number of aryl methyl sites for hydroxylation is 1. The summed E-state index contributed by atoms with van der Waals surface area (Å²) < 4.78 is 2.19. The van der Waals surface area contributed by atoms with Gasteiger partial charge in [-0.05, 0) is 30.2 Å². The molecule has 0 bridgehead atoms. The first-order chi connectivity index (χ1) is 8.33. The molecule has 84 valence electrons. The maximum absolute atomic E-state index is 4.42. The molecule has 3 aromatic rings. The van der Waals surface area contributed by atoms with Crippen molar-refractivity contribution in [3.05, 3.63) is 66.0 Å². The van der Waals surface area contributed by atoms with E-state index in [1.54, 1.807) is 0 Å². The van der Waals surface area contributed by atoms with E-state index in [0.717, 1.165) is 12.1 Å². The molecule has 17 heavy (non-hydrogen) atoms. The van der Waals surface area contributed by atoms with E-state index in [4.69, 9.17) is 0 Å². The largest absolute Gasteiger partial charge is 0.326 e. The summed E-state index contributed by atoms with van der Waals surface area (Å²) in [5.74, 6) is 0. The molecular weight excluding hydrogens is 208 g/mol. The molecule has 0 atom stereocenters. The third kappa shape index (κ3) is 1.94. The SMILES string of the molecule is Cc1ccc2ncn(Cc3ccccc3)c2c1. The van der Waals surface area contributed by atoms with Crippen LogP contribution in [0.5, 0.6) is 0 Å². The Labute approximate surface area is 101 Å². The average Bonchev–Trinajstić information content (AvgIpc) is 2.73. The van der Waals surface area contributed by atoms with Crippen LogP contribution in [-0.2, 0) is 6.54 Å². The second-order valence-electron chi connectivity index (χ2n) is 4.35. The van der Waals surface area contributed by atoms with Crippen LogP contribution in [0.1, 0.15) is 11.1 Å². The highest BCUT2D eigenvalue weighted by atomic mass is 15.0. The number of hydrogen-bond acceptors (Lipinski definition) is 1. The Morgan fingerprint density at radius 2 is 1.88 bits per heavy atom. The summed E-state index contributed by atoms with van der Waals surface area (Å²) in [4.78, 5) is 4.42. The van der Waals surface area contributed by atoms with Crippen LogP contribution in [-0.4, -0.2) is 9.55 Å². The molecule has 0 saturated carbocycles. The van der Waals surface area contributed by atoms with Crippen LogP contribution >= 0.6 is 0 Å². The fourth-order valence-corrected chi connectivity index (χ4v) is 2.07. The number of fused-ring (bicyclic) bond motifs is 1. The Balaban J connectivity index is 2.03. The summed E-state index contributed by atoms with van der Waals surface area (Å²) in [7, 11) is 0. The van der Waals surface area contributed by atoms with Gasteiger partial charge in [-0.15, -0.1) is 0 Å². The zero-order chi connectivity index (χ0) is 11.7. The standard InChI is InChI=1S/C15H14N2/c1-12-7-8-14-15(9-12)17(11-16-14)10-13-5-3-2-4-6-13/h2-9,11H,10H2,1H3. The summed E-state index contributed by atoms with van der Waals surface area (Å²) in [5.41, 5.74) is 4.83. The molecule has 3 rings (SSSR count). The Hall–Kier alpha value is -2.09. The number of nitrogens with zero attached hydrogens (tertiary/aromatic N) is 2. The monoisotopic (exact) mass is 222 g/mol. The minimum absolute atomic E-state index is 0.876. The Morgan fingerprint density at radius 3 is 2.71 bits per heavy atom. The maximum atomic E-state index is 4.42. The van der Waals surface area contributed by atoms with E-state index in [9.17, 15) is 0 Å². The lowest BCUT2D eigenvalue weighted by atomic mass is 10.2. The topological polar surface area (TPSA) is 17.8 Å². The average molecular weight is 222 g/mol. The Morgan fingerprint density at radius 1 is 1.06 bits per heavy atom. The number of aromatic nitrogens is 2. The molecule has 0 unspecified atom stereocenters. The summed E-state index contributed by atoms with van der Waals surface area (Å²) >= 11 is 0. The molecule has 2 heteroatoms. The van der Waals surface area contributed by atoms with Crippen LogP contribution < -0.4 is 0 Å². The fraction of sp³-hybridized carbons (Fsp3) is 0.133. The van der Waals surface area contributed by atoms with Crippen molar-refractivity contribution in [2.75, 3.05) is 0 Å². The predicted octanol–water partition coefficient (Wildman–Crippen LogP) is 3.39. The second-order valence-corrected chi connectivity index (χ2v) is 4.35. The van der Waals surface area contributed by atoms with Crippen molar-refractivity contribution in [2.45, 2.75) is 13.5 Å². The third-order valence-electron chi connectivity index (χ3n) is 2.97. The Bertz CT molecular complexity index is 638. The zero-order valence-electron chi connectivity index (χ0n) is 9.80. The van der Waals surface area contributed by atoms with Crippen molar-refractivity contribution in [3.63, 3.8) is 0 Å². The summed E-state index contributed by atoms with van der Waals surface area (Å²) in [6.07, 6.45) is 1.91.